The van der Waals surface area contributed by atoms with Gasteiger partial charge in [-0.1, -0.05) is 0 Å². The molecular formula is C19H24FN3O2. The Hall–Kier alpha value is -2.21. The standard InChI is InChI=1S/C19H24FN3O2/c1-14-16(12-23(22-14)18-7-5-17(20)6-8-18)11-21-19(24)9-4-15-3-2-10-25-13-15/h5-8,12,15H,2-4,9-11,13H2,1H3,(H,21,24)/t15-/m1/s1. The van der Waals surface area contributed by atoms with Crippen LogP contribution in [0.3, 0.4) is 0 Å². The van der Waals surface area contributed by atoms with E-state index in [9.17, 15) is 9.18 Å². The summed E-state index contributed by atoms with van der Waals surface area (Å²) in [5, 5.41) is 7.39. The average molecular weight is 345 g/mol. The Bertz CT molecular complexity index is 706. The summed E-state index contributed by atoms with van der Waals surface area (Å²) in [6, 6.07) is 6.16. The van der Waals surface area contributed by atoms with Gasteiger partial charge in [0.05, 0.1) is 11.4 Å². The fraction of sp³-hybridized carbons (Fsp3) is 0.474. The van der Waals surface area contributed by atoms with Crippen LogP contribution in [0.1, 0.15) is 36.9 Å². The van der Waals surface area contributed by atoms with E-state index in [-0.39, 0.29) is 11.7 Å². The van der Waals surface area contributed by atoms with Crippen LogP contribution in [0.4, 0.5) is 4.39 Å². The lowest BCUT2D eigenvalue weighted by Crippen LogP contribution is -2.25. The van der Waals surface area contributed by atoms with Crippen molar-refractivity contribution in [2.45, 2.75) is 39.2 Å². The first-order valence-electron chi connectivity index (χ1n) is 8.77. The number of hydrogen-bond acceptors (Lipinski definition) is 3. The number of nitrogens with zero attached hydrogens (tertiary/aromatic N) is 2. The van der Waals surface area contributed by atoms with Crippen molar-refractivity contribution in [1.29, 1.82) is 0 Å². The quantitative estimate of drug-likeness (QED) is 0.875. The molecule has 1 N–H and O–H groups in total. The van der Waals surface area contributed by atoms with Crippen LogP contribution in [0.2, 0.25) is 0 Å². The van der Waals surface area contributed by atoms with Gasteiger partial charge in [0.1, 0.15) is 5.82 Å². The lowest BCUT2D eigenvalue weighted by molar-refractivity contribution is -0.121. The molecule has 0 aliphatic carbocycles. The van der Waals surface area contributed by atoms with E-state index in [1.165, 1.54) is 12.1 Å². The van der Waals surface area contributed by atoms with E-state index >= 15 is 0 Å². The van der Waals surface area contributed by atoms with Gasteiger partial charge >= 0.3 is 0 Å². The van der Waals surface area contributed by atoms with Gasteiger partial charge in [0.15, 0.2) is 0 Å². The molecule has 6 heteroatoms. The molecule has 0 unspecified atom stereocenters. The molecule has 1 aromatic heterocycles. The lowest BCUT2D eigenvalue weighted by Gasteiger charge is -2.21. The Kier molecular flexibility index (Phi) is 5.81. The largest absolute Gasteiger partial charge is 0.381 e. The highest BCUT2D eigenvalue weighted by Gasteiger charge is 2.15. The Balaban J connectivity index is 1.50. The van der Waals surface area contributed by atoms with Crippen LogP contribution in [0.5, 0.6) is 0 Å². The molecule has 2 heterocycles. The summed E-state index contributed by atoms with van der Waals surface area (Å²) in [5.41, 5.74) is 2.60. The lowest BCUT2D eigenvalue weighted by atomic mass is 9.97. The molecule has 1 atom stereocenters. The van der Waals surface area contributed by atoms with E-state index in [1.807, 2.05) is 13.1 Å². The summed E-state index contributed by atoms with van der Waals surface area (Å²) in [6.45, 7) is 3.98. The van der Waals surface area contributed by atoms with Crippen molar-refractivity contribution >= 4 is 5.91 Å². The number of carbonyl (C=O) groups excluding carboxylic acids is 1. The van der Waals surface area contributed by atoms with Crippen molar-refractivity contribution in [3.63, 3.8) is 0 Å². The SMILES string of the molecule is Cc1nn(-c2ccc(F)cc2)cc1CNC(=O)CC[C@H]1CCCOC1. The van der Waals surface area contributed by atoms with Crippen LogP contribution in [0.25, 0.3) is 5.69 Å². The Morgan fingerprint density at radius 3 is 2.92 bits per heavy atom. The number of hydrogen-bond donors (Lipinski definition) is 1. The Morgan fingerprint density at radius 1 is 1.40 bits per heavy atom. The number of rotatable bonds is 6. The highest BCUT2D eigenvalue weighted by Crippen LogP contribution is 2.18. The first-order chi connectivity index (χ1) is 12.1. The van der Waals surface area contributed by atoms with Gasteiger partial charge < -0.3 is 10.1 Å². The van der Waals surface area contributed by atoms with E-state index in [0.29, 0.717) is 18.9 Å². The summed E-state index contributed by atoms with van der Waals surface area (Å²) in [6.07, 6.45) is 5.52. The molecular weight excluding hydrogens is 321 g/mol. The zero-order valence-corrected chi connectivity index (χ0v) is 14.5. The van der Waals surface area contributed by atoms with Crippen LogP contribution in [-0.4, -0.2) is 28.9 Å². The third-order valence-electron chi connectivity index (χ3n) is 4.60. The Morgan fingerprint density at radius 2 is 2.20 bits per heavy atom. The minimum atomic E-state index is -0.275. The van der Waals surface area contributed by atoms with Gasteiger partial charge in [-0.05, 0) is 56.4 Å². The first kappa shape index (κ1) is 17.6. The second-order valence-electron chi connectivity index (χ2n) is 6.56. The van der Waals surface area contributed by atoms with Crippen LogP contribution in [0.15, 0.2) is 30.5 Å². The van der Waals surface area contributed by atoms with Crippen molar-refractivity contribution in [2.24, 2.45) is 5.92 Å². The summed E-state index contributed by atoms with van der Waals surface area (Å²) < 4.78 is 20.2. The number of halogens is 1. The van der Waals surface area contributed by atoms with E-state index in [2.05, 4.69) is 10.4 Å². The number of carbonyl (C=O) groups is 1. The molecule has 1 saturated heterocycles. The molecule has 2 aromatic rings. The molecule has 1 aliphatic heterocycles. The highest BCUT2D eigenvalue weighted by molar-refractivity contribution is 5.75. The predicted molar refractivity (Wildman–Crippen MR) is 92.9 cm³/mol. The van der Waals surface area contributed by atoms with Gasteiger partial charge in [-0.15, -0.1) is 0 Å². The maximum absolute atomic E-state index is 13.0. The smallest absolute Gasteiger partial charge is 0.220 e. The van der Waals surface area contributed by atoms with Crippen LogP contribution >= 0.6 is 0 Å². The second-order valence-corrected chi connectivity index (χ2v) is 6.56. The maximum atomic E-state index is 13.0. The summed E-state index contributed by atoms with van der Waals surface area (Å²) in [4.78, 5) is 12.1. The molecule has 0 radical (unpaired) electrons. The molecule has 0 bridgehead atoms. The topological polar surface area (TPSA) is 56.2 Å². The molecule has 0 saturated carbocycles. The number of amides is 1. The fourth-order valence-corrected chi connectivity index (χ4v) is 3.05. The number of ether oxygens (including phenoxy) is 1. The summed E-state index contributed by atoms with van der Waals surface area (Å²) >= 11 is 0. The molecule has 1 amide bonds. The zero-order valence-electron chi connectivity index (χ0n) is 14.5. The minimum absolute atomic E-state index is 0.0551. The third kappa shape index (κ3) is 4.89. The number of aromatic nitrogens is 2. The number of aryl methyl sites for hydroxylation is 1. The molecule has 1 fully saturated rings. The maximum Gasteiger partial charge on any atom is 0.220 e. The van der Waals surface area contributed by atoms with Gasteiger partial charge in [-0.25, -0.2) is 9.07 Å². The van der Waals surface area contributed by atoms with E-state index in [0.717, 1.165) is 49.4 Å². The van der Waals surface area contributed by atoms with Crippen LogP contribution < -0.4 is 5.32 Å². The Labute approximate surface area is 147 Å². The van der Waals surface area contributed by atoms with Crippen molar-refractivity contribution in [1.82, 2.24) is 15.1 Å². The van der Waals surface area contributed by atoms with Gasteiger partial charge in [0.25, 0.3) is 0 Å². The summed E-state index contributed by atoms with van der Waals surface area (Å²) in [5.74, 6) is 0.283. The van der Waals surface area contributed by atoms with Gasteiger partial charge in [-0.2, -0.15) is 5.10 Å². The van der Waals surface area contributed by atoms with Crippen LogP contribution in [0, 0.1) is 18.7 Å². The molecule has 1 aromatic carbocycles. The van der Waals surface area contributed by atoms with Crippen molar-refractivity contribution in [2.75, 3.05) is 13.2 Å². The molecule has 134 valence electrons. The van der Waals surface area contributed by atoms with Gasteiger partial charge in [0, 0.05) is 37.9 Å². The van der Waals surface area contributed by atoms with Crippen molar-refractivity contribution in [3.05, 3.63) is 47.5 Å². The third-order valence-corrected chi connectivity index (χ3v) is 4.60. The summed E-state index contributed by atoms with van der Waals surface area (Å²) in [7, 11) is 0. The molecule has 25 heavy (non-hydrogen) atoms. The predicted octanol–water partition coefficient (Wildman–Crippen LogP) is 3.14. The normalized spacial score (nSPS) is 17.4. The molecule has 3 rings (SSSR count). The van der Waals surface area contributed by atoms with E-state index in [4.69, 9.17) is 4.74 Å². The highest BCUT2D eigenvalue weighted by atomic mass is 19.1. The van der Waals surface area contributed by atoms with Crippen molar-refractivity contribution < 1.29 is 13.9 Å². The van der Waals surface area contributed by atoms with E-state index < -0.39 is 0 Å². The molecule has 5 nitrogen and oxygen atoms in total. The molecule has 1 aliphatic rings. The van der Waals surface area contributed by atoms with Crippen molar-refractivity contribution in [3.8, 4) is 5.69 Å². The fourth-order valence-electron chi connectivity index (χ4n) is 3.05. The van der Waals surface area contributed by atoms with Crippen LogP contribution in [-0.2, 0) is 16.1 Å². The minimum Gasteiger partial charge on any atom is -0.381 e. The van der Waals surface area contributed by atoms with Gasteiger partial charge in [0.2, 0.25) is 5.91 Å². The number of benzene rings is 1. The second kappa shape index (κ2) is 8.25. The van der Waals surface area contributed by atoms with Gasteiger partial charge in [-0.3, -0.25) is 4.79 Å². The zero-order chi connectivity index (χ0) is 17.6. The first-order valence-corrected chi connectivity index (χ1v) is 8.77. The average Bonchev–Trinajstić information content (AvgIpc) is 3.00. The molecule has 0 spiro atoms. The monoisotopic (exact) mass is 345 g/mol. The van der Waals surface area contributed by atoms with E-state index in [1.54, 1.807) is 16.8 Å². The number of nitrogens with one attached hydrogen (secondary N) is 1.